The number of aryl methyl sites for hydroxylation is 3. The third kappa shape index (κ3) is 2.97. The number of nitrogens with zero attached hydrogens (tertiary/aromatic N) is 2. The van der Waals surface area contributed by atoms with Crippen molar-refractivity contribution in [3.63, 3.8) is 0 Å². The van der Waals surface area contributed by atoms with Crippen molar-refractivity contribution in [3.8, 4) is 0 Å². The van der Waals surface area contributed by atoms with E-state index in [1.165, 1.54) is 11.1 Å². The molecule has 1 aromatic carbocycles. The average molecular weight is 309 g/mol. The molecule has 0 bridgehead atoms. The SMILES string of the molecule is CCc1nc(CC)c(N[C@@H]2c3ccccc3C[C@@H]2C)nc1CC. The summed E-state index contributed by atoms with van der Waals surface area (Å²) in [5.74, 6) is 1.56. The Morgan fingerprint density at radius 3 is 2.30 bits per heavy atom. The molecule has 23 heavy (non-hydrogen) atoms. The van der Waals surface area contributed by atoms with Crippen molar-refractivity contribution in [1.82, 2.24) is 9.97 Å². The molecule has 1 heterocycles. The Morgan fingerprint density at radius 2 is 1.61 bits per heavy atom. The van der Waals surface area contributed by atoms with Crippen molar-refractivity contribution >= 4 is 5.82 Å². The number of hydrogen-bond donors (Lipinski definition) is 1. The molecule has 0 aliphatic heterocycles. The molecule has 0 radical (unpaired) electrons. The van der Waals surface area contributed by atoms with Gasteiger partial charge in [-0.2, -0.15) is 0 Å². The topological polar surface area (TPSA) is 37.8 Å². The standard InChI is InChI=1S/C20H27N3/c1-5-16-17(6-2)22-20(18(7-3)21-16)23-19-13(4)12-14-10-8-9-11-15(14)19/h8-11,13,19H,5-7,12H2,1-4H3,(H,22,23)/t13-,19-/m0/s1. The fourth-order valence-corrected chi connectivity index (χ4v) is 3.63. The van der Waals surface area contributed by atoms with Crippen molar-refractivity contribution in [3.05, 3.63) is 52.5 Å². The molecule has 1 aliphatic carbocycles. The van der Waals surface area contributed by atoms with Crippen molar-refractivity contribution in [2.45, 2.75) is 59.4 Å². The summed E-state index contributed by atoms with van der Waals surface area (Å²) in [6.45, 7) is 8.79. The van der Waals surface area contributed by atoms with Crippen LogP contribution in [-0.4, -0.2) is 9.97 Å². The molecule has 122 valence electrons. The number of aromatic nitrogens is 2. The van der Waals surface area contributed by atoms with Gasteiger partial charge in [0.25, 0.3) is 0 Å². The molecule has 0 amide bonds. The van der Waals surface area contributed by atoms with Crippen LogP contribution in [0.3, 0.4) is 0 Å². The Morgan fingerprint density at radius 1 is 0.957 bits per heavy atom. The third-order valence-corrected chi connectivity index (χ3v) is 4.92. The van der Waals surface area contributed by atoms with Gasteiger partial charge < -0.3 is 5.32 Å². The zero-order chi connectivity index (χ0) is 16.4. The van der Waals surface area contributed by atoms with Gasteiger partial charge in [-0.15, -0.1) is 0 Å². The zero-order valence-electron chi connectivity index (χ0n) is 14.7. The van der Waals surface area contributed by atoms with Gasteiger partial charge >= 0.3 is 0 Å². The van der Waals surface area contributed by atoms with Crippen molar-refractivity contribution in [1.29, 1.82) is 0 Å². The number of nitrogens with one attached hydrogen (secondary N) is 1. The maximum absolute atomic E-state index is 4.93. The highest BCUT2D eigenvalue weighted by atomic mass is 15.1. The van der Waals surface area contributed by atoms with E-state index in [9.17, 15) is 0 Å². The predicted molar refractivity (Wildman–Crippen MR) is 95.8 cm³/mol. The quantitative estimate of drug-likeness (QED) is 0.883. The first-order chi connectivity index (χ1) is 11.2. The van der Waals surface area contributed by atoms with E-state index in [4.69, 9.17) is 9.97 Å². The van der Waals surface area contributed by atoms with Gasteiger partial charge in [-0.3, -0.25) is 4.98 Å². The summed E-state index contributed by atoms with van der Waals surface area (Å²) >= 11 is 0. The Balaban J connectivity index is 1.96. The first-order valence-corrected chi connectivity index (χ1v) is 8.90. The number of anilines is 1. The predicted octanol–water partition coefficient (Wildman–Crippen LogP) is 4.51. The van der Waals surface area contributed by atoms with Crippen LogP contribution in [0.15, 0.2) is 24.3 Å². The zero-order valence-corrected chi connectivity index (χ0v) is 14.7. The monoisotopic (exact) mass is 309 g/mol. The van der Waals surface area contributed by atoms with E-state index in [2.05, 4.69) is 57.3 Å². The minimum atomic E-state index is 0.336. The minimum absolute atomic E-state index is 0.336. The molecule has 3 nitrogen and oxygen atoms in total. The van der Waals surface area contributed by atoms with Gasteiger partial charge in [-0.1, -0.05) is 52.0 Å². The molecule has 2 atom stereocenters. The van der Waals surface area contributed by atoms with Crippen LogP contribution >= 0.6 is 0 Å². The molecule has 0 fully saturated rings. The second-order valence-corrected chi connectivity index (χ2v) is 6.48. The van der Waals surface area contributed by atoms with Crippen LogP contribution in [-0.2, 0) is 25.7 Å². The van der Waals surface area contributed by atoms with Crippen LogP contribution < -0.4 is 5.32 Å². The molecule has 0 unspecified atom stereocenters. The number of benzene rings is 1. The van der Waals surface area contributed by atoms with E-state index in [0.717, 1.165) is 48.6 Å². The lowest BCUT2D eigenvalue weighted by Gasteiger charge is -2.22. The summed E-state index contributed by atoms with van der Waals surface area (Å²) in [5, 5.41) is 3.72. The largest absolute Gasteiger partial charge is 0.361 e. The van der Waals surface area contributed by atoms with E-state index in [1.807, 2.05) is 0 Å². The van der Waals surface area contributed by atoms with Gasteiger partial charge in [0, 0.05) is 0 Å². The Kier molecular flexibility index (Phi) is 4.65. The summed E-state index contributed by atoms with van der Waals surface area (Å²) in [5.41, 5.74) is 6.25. The van der Waals surface area contributed by atoms with Crippen molar-refractivity contribution in [2.75, 3.05) is 5.32 Å². The maximum Gasteiger partial charge on any atom is 0.148 e. The van der Waals surface area contributed by atoms with Gasteiger partial charge in [0.2, 0.25) is 0 Å². The average Bonchev–Trinajstić information content (AvgIpc) is 2.90. The Hall–Kier alpha value is -1.90. The van der Waals surface area contributed by atoms with E-state index >= 15 is 0 Å². The summed E-state index contributed by atoms with van der Waals surface area (Å²) in [6, 6.07) is 9.10. The third-order valence-electron chi connectivity index (χ3n) is 4.92. The molecule has 3 heteroatoms. The fraction of sp³-hybridized carbons (Fsp3) is 0.500. The molecule has 0 saturated heterocycles. The van der Waals surface area contributed by atoms with Crippen LogP contribution in [0.25, 0.3) is 0 Å². The van der Waals surface area contributed by atoms with Gasteiger partial charge in [0.05, 0.1) is 23.1 Å². The van der Waals surface area contributed by atoms with E-state index in [1.54, 1.807) is 0 Å². The number of hydrogen-bond acceptors (Lipinski definition) is 3. The van der Waals surface area contributed by atoms with Gasteiger partial charge in [-0.05, 0) is 42.7 Å². The molecule has 2 aromatic rings. The summed E-state index contributed by atoms with van der Waals surface area (Å²) < 4.78 is 0. The van der Waals surface area contributed by atoms with Crippen molar-refractivity contribution in [2.24, 2.45) is 5.92 Å². The number of rotatable bonds is 5. The minimum Gasteiger partial charge on any atom is -0.361 e. The molecule has 0 spiro atoms. The highest BCUT2D eigenvalue weighted by molar-refractivity contribution is 5.48. The summed E-state index contributed by atoms with van der Waals surface area (Å²) in [7, 11) is 0. The summed E-state index contributed by atoms with van der Waals surface area (Å²) in [4.78, 5) is 9.81. The van der Waals surface area contributed by atoms with Crippen LogP contribution in [0.5, 0.6) is 0 Å². The Labute approximate surface area is 139 Å². The molecular weight excluding hydrogens is 282 g/mol. The van der Waals surface area contributed by atoms with Crippen LogP contribution in [0, 0.1) is 5.92 Å². The molecule has 3 rings (SSSR count). The van der Waals surface area contributed by atoms with Gasteiger partial charge in [-0.25, -0.2) is 4.98 Å². The van der Waals surface area contributed by atoms with E-state index < -0.39 is 0 Å². The fourth-order valence-electron chi connectivity index (χ4n) is 3.63. The maximum atomic E-state index is 4.93. The van der Waals surface area contributed by atoms with Gasteiger partial charge in [0.15, 0.2) is 0 Å². The van der Waals surface area contributed by atoms with Crippen LogP contribution in [0.1, 0.15) is 61.9 Å². The first kappa shape index (κ1) is 16.0. The lowest BCUT2D eigenvalue weighted by atomic mass is 10.0. The molecule has 0 saturated carbocycles. The lowest BCUT2D eigenvalue weighted by molar-refractivity contribution is 0.539. The Bertz CT molecular complexity index is 693. The highest BCUT2D eigenvalue weighted by Gasteiger charge is 2.29. The molecule has 1 N–H and O–H groups in total. The van der Waals surface area contributed by atoms with E-state index in [0.29, 0.717) is 12.0 Å². The van der Waals surface area contributed by atoms with Crippen LogP contribution in [0.2, 0.25) is 0 Å². The van der Waals surface area contributed by atoms with Crippen LogP contribution in [0.4, 0.5) is 5.82 Å². The number of fused-ring (bicyclic) bond motifs is 1. The first-order valence-electron chi connectivity index (χ1n) is 8.90. The second-order valence-electron chi connectivity index (χ2n) is 6.48. The molecule has 1 aromatic heterocycles. The normalized spacial score (nSPS) is 19.7. The highest BCUT2D eigenvalue weighted by Crippen LogP contribution is 2.38. The second kappa shape index (κ2) is 6.69. The smallest absolute Gasteiger partial charge is 0.148 e. The van der Waals surface area contributed by atoms with Gasteiger partial charge in [0.1, 0.15) is 5.82 Å². The summed E-state index contributed by atoms with van der Waals surface area (Å²) in [6.07, 6.45) is 3.93. The molecule has 1 aliphatic rings. The lowest BCUT2D eigenvalue weighted by Crippen LogP contribution is -2.18. The van der Waals surface area contributed by atoms with E-state index in [-0.39, 0.29) is 0 Å². The molecular formula is C20H27N3. The van der Waals surface area contributed by atoms with Crippen molar-refractivity contribution < 1.29 is 0 Å².